The van der Waals surface area contributed by atoms with Crippen LogP contribution in [0.1, 0.15) is 22.3 Å². The summed E-state index contributed by atoms with van der Waals surface area (Å²) in [6.07, 6.45) is 0. The van der Waals surface area contributed by atoms with Crippen molar-refractivity contribution in [3.05, 3.63) is 247 Å². The highest BCUT2D eigenvalue weighted by molar-refractivity contribution is 6.05. The lowest BCUT2D eigenvalue weighted by Crippen LogP contribution is -2.09. The topological polar surface area (TPSA) is 3.24 Å². The van der Waals surface area contributed by atoms with Gasteiger partial charge in [0.15, 0.2) is 0 Å². The third kappa shape index (κ3) is 6.92. The Morgan fingerprint density at radius 2 is 0.588 bits per heavy atom. The van der Waals surface area contributed by atoms with Crippen LogP contribution in [0, 0.1) is 0 Å². The maximum Gasteiger partial charge on any atom is 0.0467 e. The van der Waals surface area contributed by atoms with Gasteiger partial charge in [-0.05, 0) is 98.1 Å². The van der Waals surface area contributed by atoms with Crippen LogP contribution >= 0.6 is 0 Å². The summed E-state index contributed by atoms with van der Waals surface area (Å²) < 4.78 is 0. The van der Waals surface area contributed by atoms with Gasteiger partial charge in [0.1, 0.15) is 0 Å². The molecule has 0 bridgehead atoms. The van der Waals surface area contributed by atoms with Crippen molar-refractivity contribution in [1.82, 2.24) is 0 Å². The molecule has 51 heavy (non-hydrogen) atoms. The summed E-state index contributed by atoms with van der Waals surface area (Å²) in [6, 6.07) is 80.1. The molecule has 8 aromatic rings. The van der Waals surface area contributed by atoms with Gasteiger partial charge in [-0.2, -0.15) is 0 Å². The quantitative estimate of drug-likeness (QED) is 0.140. The SMILES string of the molecule is c1ccc(C(=C(c2ccccc2)c2cccc(-c3cccc(N(c4ccccc4)c4ccc(-c5ccccc5)cc4)c3)c2)c2ccccc2)cc1. The summed E-state index contributed by atoms with van der Waals surface area (Å²) in [5, 5.41) is 0. The Morgan fingerprint density at radius 1 is 0.235 bits per heavy atom. The predicted octanol–water partition coefficient (Wildman–Crippen LogP) is 13.5. The first-order chi connectivity index (χ1) is 25.3. The number of anilines is 3. The highest BCUT2D eigenvalue weighted by atomic mass is 15.1. The summed E-state index contributed by atoms with van der Waals surface area (Å²) in [5.74, 6) is 0. The molecule has 0 aliphatic rings. The zero-order chi connectivity index (χ0) is 34.2. The van der Waals surface area contributed by atoms with Crippen LogP contribution in [0.5, 0.6) is 0 Å². The van der Waals surface area contributed by atoms with Gasteiger partial charge in [-0.3, -0.25) is 0 Å². The number of nitrogens with zero attached hydrogens (tertiary/aromatic N) is 1. The monoisotopic (exact) mass is 651 g/mol. The maximum atomic E-state index is 2.34. The zero-order valence-corrected chi connectivity index (χ0v) is 28.3. The van der Waals surface area contributed by atoms with Crippen molar-refractivity contribution in [2.24, 2.45) is 0 Å². The first-order valence-corrected chi connectivity index (χ1v) is 17.4. The molecule has 0 atom stereocenters. The lowest BCUT2D eigenvalue weighted by molar-refractivity contribution is 1.28. The minimum atomic E-state index is 1.10. The molecule has 1 nitrogen and oxygen atoms in total. The molecule has 1 heteroatoms. The molecule has 8 aromatic carbocycles. The van der Waals surface area contributed by atoms with Gasteiger partial charge in [0, 0.05) is 17.1 Å². The van der Waals surface area contributed by atoms with Crippen molar-refractivity contribution in [2.75, 3.05) is 4.90 Å². The second-order valence-corrected chi connectivity index (χ2v) is 12.6. The second kappa shape index (κ2) is 14.8. The Hall–Kier alpha value is -6.70. The van der Waals surface area contributed by atoms with Crippen molar-refractivity contribution >= 4 is 28.2 Å². The van der Waals surface area contributed by atoms with Crippen LogP contribution in [0.4, 0.5) is 17.1 Å². The molecule has 0 unspecified atom stereocenters. The van der Waals surface area contributed by atoms with E-state index in [1.54, 1.807) is 0 Å². The lowest BCUT2D eigenvalue weighted by Gasteiger charge is -2.26. The van der Waals surface area contributed by atoms with E-state index >= 15 is 0 Å². The fraction of sp³-hybridized carbons (Fsp3) is 0. The first kappa shape index (κ1) is 31.6. The Bertz CT molecular complexity index is 2320. The van der Waals surface area contributed by atoms with Crippen LogP contribution in [0.3, 0.4) is 0 Å². The molecule has 0 fully saturated rings. The van der Waals surface area contributed by atoms with Crippen molar-refractivity contribution in [2.45, 2.75) is 0 Å². The van der Waals surface area contributed by atoms with Crippen LogP contribution in [0.2, 0.25) is 0 Å². The standard InChI is InChI=1S/C50H37N/c1-6-18-38(19-7-1)39-32-34-47(35-33-39)51(46-29-14-5-15-30-46)48-31-17-27-44(37-48)43-26-16-28-45(36-43)50(42-24-12-4-13-25-42)49(40-20-8-2-9-21-40)41-22-10-3-11-23-41/h1-37H. The summed E-state index contributed by atoms with van der Waals surface area (Å²) >= 11 is 0. The summed E-state index contributed by atoms with van der Waals surface area (Å²) in [7, 11) is 0. The van der Waals surface area contributed by atoms with E-state index in [1.165, 1.54) is 44.5 Å². The van der Waals surface area contributed by atoms with Crippen molar-refractivity contribution < 1.29 is 0 Å². The molecular weight excluding hydrogens is 615 g/mol. The predicted molar refractivity (Wildman–Crippen MR) is 216 cm³/mol. The van der Waals surface area contributed by atoms with E-state index in [9.17, 15) is 0 Å². The number of benzene rings is 8. The molecule has 0 amide bonds. The van der Waals surface area contributed by atoms with E-state index in [2.05, 4.69) is 229 Å². The van der Waals surface area contributed by atoms with Gasteiger partial charge in [0.05, 0.1) is 0 Å². The second-order valence-electron chi connectivity index (χ2n) is 12.6. The van der Waals surface area contributed by atoms with E-state index in [1.807, 2.05) is 0 Å². The molecule has 242 valence electrons. The molecule has 0 saturated carbocycles. The van der Waals surface area contributed by atoms with Crippen LogP contribution in [-0.4, -0.2) is 0 Å². The van der Waals surface area contributed by atoms with Gasteiger partial charge in [0.25, 0.3) is 0 Å². The minimum absolute atomic E-state index is 1.10. The van der Waals surface area contributed by atoms with E-state index in [4.69, 9.17) is 0 Å². The zero-order valence-electron chi connectivity index (χ0n) is 28.3. The van der Waals surface area contributed by atoms with Gasteiger partial charge in [-0.1, -0.05) is 182 Å². The Balaban J connectivity index is 1.25. The first-order valence-electron chi connectivity index (χ1n) is 17.4. The van der Waals surface area contributed by atoms with Gasteiger partial charge < -0.3 is 4.90 Å². The van der Waals surface area contributed by atoms with E-state index < -0.39 is 0 Å². The average molecular weight is 652 g/mol. The Kier molecular flexibility index (Phi) is 9.17. The smallest absolute Gasteiger partial charge is 0.0467 e. The third-order valence-electron chi connectivity index (χ3n) is 9.27. The van der Waals surface area contributed by atoms with Crippen molar-refractivity contribution in [3.63, 3.8) is 0 Å². The van der Waals surface area contributed by atoms with Crippen LogP contribution in [0.15, 0.2) is 224 Å². The van der Waals surface area contributed by atoms with Crippen LogP contribution < -0.4 is 4.90 Å². The van der Waals surface area contributed by atoms with Gasteiger partial charge in [-0.15, -0.1) is 0 Å². The highest BCUT2D eigenvalue weighted by Gasteiger charge is 2.18. The van der Waals surface area contributed by atoms with Gasteiger partial charge in [-0.25, -0.2) is 0 Å². The molecule has 0 aliphatic carbocycles. The highest BCUT2D eigenvalue weighted by Crippen LogP contribution is 2.40. The van der Waals surface area contributed by atoms with Crippen molar-refractivity contribution in [1.29, 1.82) is 0 Å². The van der Waals surface area contributed by atoms with Crippen LogP contribution in [-0.2, 0) is 0 Å². The molecule has 0 aliphatic heterocycles. The number of para-hydroxylation sites is 1. The molecule has 0 N–H and O–H groups in total. The largest absolute Gasteiger partial charge is 0.310 e. The van der Waals surface area contributed by atoms with E-state index in [-0.39, 0.29) is 0 Å². The fourth-order valence-electron chi connectivity index (χ4n) is 6.86. The van der Waals surface area contributed by atoms with Crippen LogP contribution in [0.25, 0.3) is 33.4 Å². The third-order valence-corrected chi connectivity index (χ3v) is 9.27. The molecule has 0 aromatic heterocycles. The maximum absolute atomic E-state index is 2.34. The summed E-state index contributed by atoms with van der Waals surface area (Å²) in [4.78, 5) is 2.33. The van der Waals surface area contributed by atoms with Gasteiger partial charge in [0.2, 0.25) is 0 Å². The molecule has 0 saturated heterocycles. The molecule has 8 rings (SSSR count). The lowest BCUT2D eigenvalue weighted by atomic mass is 9.85. The normalized spacial score (nSPS) is 10.7. The molecule has 0 radical (unpaired) electrons. The Morgan fingerprint density at radius 3 is 1.14 bits per heavy atom. The number of hydrogen-bond donors (Lipinski definition) is 0. The number of rotatable bonds is 9. The van der Waals surface area contributed by atoms with E-state index in [0.717, 1.165) is 28.2 Å². The molecular formula is C50H37N. The molecule has 0 heterocycles. The molecule has 0 spiro atoms. The fourth-order valence-corrected chi connectivity index (χ4v) is 6.86. The summed E-state index contributed by atoms with van der Waals surface area (Å²) in [6.45, 7) is 0. The minimum Gasteiger partial charge on any atom is -0.310 e. The van der Waals surface area contributed by atoms with Crippen molar-refractivity contribution in [3.8, 4) is 22.3 Å². The van der Waals surface area contributed by atoms with Gasteiger partial charge >= 0.3 is 0 Å². The average Bonchev–Trinajstić information content (AvgIpc) is 3.22. The Labute approximate surface area is 301 Å². The number of hydrogen-bond acceptors (Lipinski definition) is 1. The van der Waals surface area contributed by atoms with E-state index in [0.29, 0.717) is 0 Å². The summed E-state index contributed by atoms with van der Waals surface area (Å²) in [5.41, 5.74) is 15.2.